The maximum absolute atomic E-state index is 12.9. The fourth-order valence-corrected chi connectivity index (χ4v) is 2.69. The van der Waals surface area contributed by atoms with Crippen LogP contribution in [-0.4, -0.2) is 28.8 Å². The standard InChI is InChI=1S/C18H26FN5.HI/c1-12(10-17-13(2)23-24(5)14(17)3)22-18(20-4)21-11-15-6-8-16(19)9-7-15;/h6-9,12H,10-11H2,1-5H3,(H2,20,21,22);1H. The van der Waals surface area contributed by atoms with Gasteiger partial charge in [0.05, 0.1) is 5.69 Å². The minimum Gasteiger partial charge on any atom is -0.354 e. The summed E-state index contributed by atoms with van der Waals surface area (Å²) in [5.74, 6) is 0.503. The molecule has 0 bridgehead atoms. The number of nitrogens with zero attached hydrogens (tertiary/aromatic N) is 3. The molecule has 1 unspecified atom stereocenters. The zero-order valence-corrected chi connectivity index (χ0v) is 17.8. The summed E-state index contributed by atoms with van der Waals surface area (Å²) in [7, 11) is 3.71. The van der Waals surface area contributed by atoms with Crippen molar-refractivity contribution in [2.24, 2.45) is 12.0 Å². The number of hydrogen-bond donors (Lipinski definition) is 2. The summed E-state index contributed by atoms with van der Waals surface area (Å²) >= 11 is 0. The Bertz CT molecular complexity index is 709. The zero-order chi connectivity index (χ0) is 17.7. The molecule has 0 saturated carbocycles. The lowest BCUT2D eigenvalue weighted by Gasteiger charge is -2.18. The average Bonchev–Trinajstić information content (AvgIpc) is 2.79. The number of nitrogens with one attached hydrogen (secondary N) is 2. The predicted octanol–water partition coefficient (Wildman–Crippen LogP) is 3.09. The average molecular weight is 459 g/mol. The first kappa shape index (κ1) is 21.4. The van der Waals surface area contributed by atoms with Crippen LogP contribution in [0.25, 0.3) is 0 Å². The Kier molecular flexibility index (Phi) is 8.34. The van der Waals surface area contributed by atoms with Crippen molar-refractivity contribution in [1.82, 2.24) is 20.4 Å². The van der Waals surface area contributed by atoms with E-state index >= 15 is 0 Å². The SMILES string of the molecule is CN=C(NCc1ccc(F)cc1)NC(C)Cc1c(C)nn(C)c1C.I. The molecule has 0 radical (unpaired) electrons. The highest BCUT2D eigenvalue weighted by molar-refractivity contribution is 14.0. The normalized spacial score (nSPS) is 12.5. The Balaban J connectivity index is 0.00000312. The Morgan fingerprint density at radius 3 is 2.44 bits per heavy atom. The van der Waals surface area contributed by atoms with Crippen LogP contribution in [0, 0.1) is 19.7 Å². The van der Waals surface area contributed by atoms with Gasteiger partial charge < -0.3 is 10.6 Å². The highest BCUT2D eigenvalue weighted by atomic mass is 127. The molecule has 1 heterocycles. The molecule has 138 valence electrons. The van der Waals surface area contributed by atoms with Crippen LogP contribution in [-0.2, 0) is 20.0 Å². The summed E-state index contributed by atoms with van der Waals surface area (Å²) in [6.45, 7) is 6.84. The summed E-state index contributed by atoms with van der Waals surface area (Å²) in [5.41, 5.74) is 4.53. The Morgan fingerprint density at radius 1 is 1.28 bits per heavy atom. The van der Waals surface area contributed by atoms with Crippen LogP contribution in [0.15, 0.2) is 29.3 Å². The summed E-state index contributed by atoms with van der Waals surface area (Å²) in [6.07, 6.45) is 0.878. The van der Waals surface area contributed by atoms with Crippen molar-refractivity contribution in [2.45, 2.75) is 39.8 Å². The number of benzene rings is 1. The van der Waals surface area contributed by atoms with Gasteiger partial charge in [0.2, 0.25) is 0 Å². The fraction of sp³-hybridized carbons (Fsp3) is 0.444. The highest BCUT2D eigenvalue weighted by Crippen LogP contribution is 2.14. The monoisotopic (exact) mass is 459 g/mol. The molecule has 2 aromatic rings. The van der Waals surface area contributed by atoms with Crippen LogP contribution in [0.3, 0.4) is 0 Å². The Morgan fingerprint density at radius 2 is 1.92 bits per heavy atom. The number of aryl methyl sites for hydroxylation is 2. The Hall–Kier alpha value is -1.64. The van der Waals surface area contributed by atoms with Crippen LogP contribution < -0.4 is 10.6 Å². The molecule has 0 fully saturated rings. The van der Waals surface area contributed by atoms with Gasteiger partial charge in [-0.25, -0.2) is 4.39 Å². The largest absolute Gasteiger partial charge is 0.354 e. The molecular formula is C18H27FIN5. The van der Waals surface area contributed by atoms with E-state index in [1.807, 2.05) is 18.7 Å². The number of rotatable bonds is 5. The lowest BCUT2D eigenvalue weighted by molar-refractivity contribution is 0.625. The molecule has 25 heavy (non-hydrogen) atoms. The van der Waals surface area contributed by atoms with Gasteiger partial charge in [-0.2, -0.15) is 5.10 Å². The van der Waals surface area contributed by atoms with Gasteiger partial charge in [-0.3, -0.25) is 9.67 Å². The smallest absolute Gasteiger partial charge is 0.191 e. The number of hydrogen-bond acceptors (Lipinski definition) is 2. The van der Waals surface area contributed by atoms with Crippen LogP contribution >= 0.6 is 24.0 Å². The second kappa shape index (κ2) is 9.74. The number of aliphatic imine (C=N–C) groups is 1. The highest BCUT2D eigenvalue weighted by Gasteiger charge is 2.13. The first-order valence-electron chi connectivity index (χ1n) is 8.11. The predicted molar refractivity (Wildman–Crippen MR) is 111 cm³/mol. The van der Waals surface area contributed by atoms with E-state index in [2.05, 4.69) is 34.6 Å². The molecule has 2 N–H and O–H groups in total. The van der Waals surface area contributed by atoms with Crippen LogP contribution in [0.4, 0.5) is 4.39 Å². The molecule has 0 saturated heterocycles. The van der Waals surface area contributed by atoms with Crippen molar-refractivity contribution in [3.05, 3.63) is 52.6 Å². The van der Waals surface area contributed by atoms with Crippen molar-refractivity contribution >= 4 is 29.9 Å². The van der Waals surface area contributed by atoms with E-state index < -0.39 is 0 Å². The van der Waals surface area contributed by atoms with Gasteiger partial charge >= 0.3 is 0 Å². The van der Waals surface area contributed by atoms with E-state index in [4.69, 9.17) is 0 Å². The van der Waals surface area contributed by atoms with E-state index in [1.54, 1.807) is 19.2 Å². The summed E-state index contributed by atoms with van der Waals surface area (Å²) < 4.78 is 14.8. The summed E-state index contributed by atoms with van der Waals surface area (Å²) in [5, 5.41) is 11.1. The first-order chi connectivity index (χ1) is 11.4. The van der Waals surface area contributed by atoms with E-state index in [0.29, 0.717) is 6.54 Å². The number of guanidine groups is 1. The molecule has 0 aliphatic rings. The minimum atomic E-state index is -0.225. The lowest BCUT2D eigenvalue weighted by Crippen LogP contribution is -2.42. The molecule has 0 aliphatic carbocycles. The van der Waals surface area contributed by atoms with Gasteiger partial charge in [0, 0.05) is 32.4 Å². The quantitative estimate of drug-likeness (QED) is 0.411. The molecule has 1 aromatic carbocycles. The Labute approximate surface area is 166 Å². The third-order valence-electron chi connectivity index (χ3n) is 4.15. The van der Waals surface area contributed by atoms with Crippen LogP contribution in [0.2, 0.25) is 0 Å². The molecule has 1 aromatic heterocycles. The van der Waals surface area contributed by atoms with Gasteiger partial charge in [0.15, 0.2) is 5.96 Å². The summed E-state index contributed by atoms with van der Waals surface area (Å²) in [6, 6.07) is 6.67. The number of aromatic nitrogens is 2. The van der Waals surface area contributed by atoms with Gasteiger partial charge in [0.25, 0.3) is 0 Å². The van der Waals surface area contributed by atoms with Gasteiger partial charge in [-0.05, 0) is 50.5 Å². The van der Waals surface area contributed by atoms with Crippen LogP contribution in [0.1, 0.15) is 29.4 Å². The molecule has 0 amide bonds. The molecule has 7 heteroatoms. The topological polar surface area (TPSA) is 54.2 Å². The van der Waals surface area contributed by atoms with Crippen molar-refractivity contribution < 1.29 is 4.39 Å². The first-order valence-corrected chi connectivity index (χ1v) is 8.11. The lowest BCUT2D eigenvalue weighted by atomic mass is 10.1. The van der Waals surface area contributed by atoms with Crippen molar-refractivity contribution in [2.75, 3.05) is 7.05 Å². The van der Waals surface area contributed by atoms with Crippen molar-refractivity contribution in [1.29, 1.82) is 0 Å². The molecule has 5 nitrogen and oxygen atoms in total. The van der Waals surface area contributed by atoms with Crippen LogP contribution in [0.5, 0.6) is 0 Å². The van der Waals surface area contributed by atoms with E-state index in [0.717, 1.165) is 23.6 Å². The van der Waals surface area contributed by atoms with Crippen molar-refractivity contribution in [3.63, 3.8) is 0 Å². The third kappa shape index (κ3) is 5.98. The molecular weight excluding hydrogens is 432 g/mol. The maximum atomic E-state index is 12.9. The molecule has 0 spiro atoms. The van der Waals surface area contributed by atoms with E-state index in [1.165, 1.54) is 23.4 Å². The van der Waals surface area contributed by atoms with E-state index in [-0.39, 0.29) is 35.8 Å². The van der Waals surface area contributed by atoms with Gasteiger partial charge in [-0.1, -0.05) is 12.1 Å². The van der Waals surface area contributed by atoms with Gasteiger partial charge in [0.1, 0.15) is 5.82 Å². The second-order valence-corrected chi connectivity index (χ2v) is 6.07. The maximum Gasteiger partial charge on any atom is 0.191 e. The number of halogens is 2. The molecule has 2 rings (SSSR count). The van der Waals surface area contributed by atoms with E-state index in [9.17, 15) is 4.39 Å². The fourth-order valence-electron chi connectivity index (χ4n) is 2.69. The minimum absolute atomic E-state index is 0. The molecule has 1 atom stereocenters. The van der Waals surface area contributed by atoms with Crippen molar-refractivity contribution in [3.8, 4) is 0 Å². The second-order valence-electron chi connectivity index (χ2n) is 6.07. The van der Waals surface area contributed by atoms with Gasteiger partial charge in [-0.15, -0.1) is 24.0 Å². The molecule has 0 aliphatic heterocycles. The zero-order valence-electron chi connectivity index (χ0n) is 15.4. The third-order valence-corrected chi connectivity index (χ3v) is 4.15. The summed E-state index contributed by atoms with van der Waals surface area (Å²) in [4.78, 5) is 4.25.